The Bertz CT molecular complexity index is 1020. The summed E-state index contributed by atoms with van der Waals surface area (Å²) in [5, 5.41) is 0.376. The molecule has 0 atom stereocenters. The van der Waals surface area contributed by atoms with E-state index in [0.29, 0.717) is 45.2 Å². The first-order chi connectivity index (χ1) is 12.6. The normalized spacial score (nSPS) is 12.7. The number of hydrogen-bond donors (Lipinski definition) is 2. The first kappa shape index (κ1) is 16.3. The zero-order chi connectivity index (χ0) is 18.1. The van der Waals surface area contributed by atoms with Crippen molar-refractivity contribution in [1.82, 2.24) is 10.9 Å². The van der Waals surface area contributed by atoms with Gasteiger partial charge in [0.25, 0.3) is 11.8 Å². The van der Waals surface area contributed by atoms with Crippen LogP contribution < -0.4 is 20.3 Å². The monoisotopic (exact) mass is 372 g/mol. The van der Waals surface area contributed by atoms with Crippen molar-refractivity contribution in [1.29, 1.82) is 0 Å². The first-order valence-electron chi connectivity index (χ1n) is 7.80. The van der Waals surface area contributed by atoms with Crippen LogP contribution in [0, 0.1) is 5.82 Å². The molecule has 0 aliphatic carbocycles. The Labute approximate surface area is 151 Å². The fraction of sp³-hybridized carbons (Fsp3) is 0.111. The maximum absolute atomic E-state index is 13.7. The van der Waals surface area contributed by atoms with Crippen molar-refractivity contribution in [2.75, 3.05) is 13.2 Å². The van der Waals surface area contributed by atoms with E-state index >= 15 is 0 Å². The Morgan fingerprint density at radius 3 is 2.54 bits per heavy atom. The molecular formula is C18H13FN2O4S. The first-order valence-corrected chi connectivity index (χ1v) is 8.62. The lowest BCUT2D eigenvalue weighted by Gasteiger charge is -2.18. The molecule has 1 aliphatic heterocycles. The minimum atomic E-state index is -0.517. The highest BCUT2D eigenvalue weighted by Gasteiger charge is 2.17. The maximum atomic E-state index is 13.7. The van der Waals surface area contributed by atoms with Gasteiger partial charge in [-0.2, -0.15) is 0 Å². The fourth-order valence-electron chi connectivity index (χ4n) is 2.57. The summed E-state index contributed by atoms with van der Waals surface area (Å²) in [4.78, 5) is 24.7. The number of carbonyl (C=O) groups excluding carboxylic acids is 2. The third-order valence-electron chi connectivity index (χ3n) is 3.83. The van der Waals surface area contributed by atoms with E-state index in [0.717, 1.165) is 11.3 Å². The van der Waals surface area contributed by atoms with E-state index in [-0.39, 0.29) is 0 Å². The number of hydrazine groups is 1. The standard InChI is InChI=1S/C18H13FN2O4S/c19-12-2-1-3-15-11(12)9-16(26-15)18(23)21-20-17(22)10-4-5-13-14(8-10)25-7-6-24-13/h1-5,8-9H,6-7H2,(H,20,22)(H,21,23). The fourth-order valence-corrected chi connectivity index (χ4v) is 3.54. The summed E-state index contributed by atoms with van der Waals surface area (Å²) in [6.07, 6.45) is 0. The second-order valence-corrected chi connectivity index (χ2v) is 6.61. The third-order valence-corrected chi connectivity index (χ3v) is 4.93. The molecule has 8 heteroatoms. The van der Waals surface area contributed by atoms with Crippen molar-refractivity contribution in [3.05, 3.63) is 58.7 Å². The van der Waals surface area contributed by atoms with Gasteiger partial charge in [0.05, 0.1) is 4.88 Å². The second kappa shape index (κ2) is 6.64. The van der Waals surface area contributed by atoms with Crippen LogP contribution in [0.4, 0.5) is 4.39 Å². The van der Waals surface area contributed by atoms with Crippen molar-refractivity contribution < 1.29 is 23.5 Å². The number of hydrogen-bond acceptors (Lipinski definition) is 5. The maximum Gasteiger partial charge on any atom is 0.279 e. The second-order valence-electron chi connectivity index (χ2n) is 5.53. The van der Waals surface area contributed by atoms with Crippen molar-refractivity contribution in [3.63, 3.8) is 0 Å². The number of fused-ring (bicyclic) bond motifs is 2. The van der Waals surface area contributed by atoms with Crippen LogP contribution in [-0.4, -0.2) is 25.0 Å². The van der Waals surface area contributed by atoms with Crippen LogP contribution in [0.5, 0.6) is 11.5 Å². The summed E-state index contributed by atoms with van der Waals surface area (Å²) < 4.78 is 25.2. The zero-order valence-electron chi connectivity index (χ0n) is 13.4. The van der Waals surface area contributed by atoms with Gasteiger partial charge in [-0.3, -0.25) is 20.4 Å². The predicted octanol–water partition coefficient (Wildman–Crippen LogP) is 2.89. The topological polar surface area (TPSA) is 76.7 Å². The predicted molar refractivity (Wildman–Crippen MR) is 94.1 cm³/mol. The lowest BCUT2D eigenvalue weighted by molar-refractivity contribution is 0.0848. The lowest BCUT2D eigenvalue weighted by Crippen LogP contribution is -2.41. The molecule has 2 aromatic carbocycles. The molecule has 3 aromatic rings. The summed E-state index contributed by atoms with van der Waals surface area (Å²) in [5.41, 5.74) is 4.99. The number of nitrogens with one attached hydrogen (secondary N) is 2. The Morgan fingerprint density at radius 2 is 1.73 bits per heavy atom. The van der Waals surface area contributed by atoms with Crippen LogP contribution in [0.1, 0.15) is 20.0 Å². The molecule has 0 unspecified atom stereocenters. The molecule has 0 spiro atoms. The highest BCUT2D eigenvalue weighted by molar-refractivity contribution is 7.20. The van der Waals surface area contributed by atoms with Gasteiger partial charge in [0, 0.05) is 15.6 Å². The Hall–Kier alpha value is -3.13. The highest BCUT2D eigenvalue weighted by Crippen LogP contribution is 2.30. The van der Waals surface area contributed by atoms with Crippen molar-refractivity contribution in [2.45, 2.75) is 0 Å². The summed E-state index contributed by atoms with van der Waals surface area (Å²) >= 11 is 1.15. The van der Waals surface area contributed by atoms with Crippen LogP contribution in [-0.2, 0) is 0 Å². The number of carbonyl (C=O) groups is 2. The van der Waals surface area contributed by atoms with E-state index in [1.165, 1.54) is 12.1 Å². The van der Waals surface area contributed by atoms with Gasteiger partial charge in [0.1, 0.15) is 19.0 Å². The van der Waals surface area contributed by atoms with Crippen LogP contribution in [0.2, 0.25) is 0 Å². The minimum Gasteiger partial charge on any atom is -0.486 e. The van der Waals surface area contributed by atoms with Crippen molar-refractivity contribution in [3.8, 4) is 11.5 Å². The van der Waals surface area contributed by atoms with Crippen LogP contribution in [0.25, 0.3) is 10.1 Å². The van der Waals surface area contributed by atoms with E-state index in [1.807, 2.05) is 0 Å². The van der Waals surface area contributed by atoms with Gasteiger partial charge in [-0.15, -0.1) is 11.3 Å². The molecule has 2 N–H and O–H groups in total. The average molecular weight is 372 g/mol. The molecule has 0 radical (unpaired) electrons. The van der Waals surface area contributed by atoms with Gasteiger partial charge < -0.3 is 9.47 Å². The molecule has 4 rings (SSSR count). The van der Waals surface area contributed by atoms with E-state index in [4.69, 9.17) is 9.47 Å². The number of rotatable bonds is 2. The molecular weight excluding hydrogens is 359 g/mol. The SMILES string of the molecule is O=C(NNC(=O)c1cc2c(F)cccc2s1)c1ccc2c(c1)OCCO2. The Morgan fingerprint density at radius 1 is 0.962 bits per heavy atom. The Kier molecular flexibility index (Phi) is 4.18. The van der Waals surface area contributed by atoms with Gasteiger partial charge in [-0.05, 0) is 36.4 Å². The number of thiophene rings is 1. The van der Waals surface area contributed by atoms with Crippen LogP contribution >= 0.6 is 11.3 Å². The molecule has 132 valence electrons. The molecule has 1 aromatic heterocycles. The molecule has 0 bridgehead atoms. The number of ether oxygens (including phenoxy) is 2. The molecule has 1 aliphatic rings. The van der Waals surface area contributed by atoms with E-state index < -0.39 is 17.6 Å². The molecule has 0 saturated heterocycles. The summed E-state index contributed by atoms with van der Waals surface area (Å²) in [5.74, 6) is -0.350. The number of halogens is 1. The molecule has 6 nitrogen and oxygen atoms in total. The van der Waals surface area contributed by atoms with Crippen molar-refractivity contribution in [2.24, 2.45) is 0 Å². The van der Waals surface area contributed by atoms with Gasteiger partial charge in [-0.1, -0.05) is 6.07 Å². The van der Waals surface area contributed by atoms with E-state index in [1.54, 1.807) is 30.3 Å². The number of benzene rings is 2. The quantitative estimate of drug-likeness (QED) is 0.678. The average Bonchev–Trinajstić information content (AvgIpc) is 3.11. The smallest absolute Gasteiger partial charge is 0.279 e. The molecule has 0 fully saturated rings. The third kappa shape index (κ3) is 3.06. The van der Waals surface area contributed by atoms with Crippen LogP contribution in [0.15, 0.2) is 42.5 Å². The van der Waals surface area contributed by atoms with Crippen LogP contribution in [0.3, 0.4) is 0 Å². The summed E-state index contributed by atoms with van der Waals surface area (Å²) in [7, 11) is 0. The summed E-state index contributed by atoms with van der Waals surface area (Å²) in [6, 6.07) is 10.9. The lowest BCUT2D eigenvalue weighted by atomic mass is 10.2. The largest absolute Gasteiger partial charge is 0.486 e. The minimum absolute atomic E-state index is 0.299. The molecule has 2 heterocycles. The molecule has 2 amide bonds. The molecule has 0 saturated carbocycles. The Balaban J connectivity index is 1.45. The zero-order valence-corrected chi connectivity index (χ0v) is 14.2. The molecule has 26 heavy (non-hydrogen) atoms. The van der Waals surface area contributed by atoms with E-state index in [9.17, 15) is 14.0 Å². The summed E-state index contributed by atoms with van der Waals surface area (Å²) in [6.45, 7) is 0.877. The van der Waals surface area contributed by atoms with Gasteiger partial charge in [0.15, 0.2) is 11.5 Å². The highest BCUT2D eigenvalue weighted by atomic mass is 32.1. The van der Waals surface area contributed by atoms with Gasteiger partial charge >= 0.3 is 0 Å². The van der Waals surface area contributed by atoms with Gasteiger partial charge in [0.2, 0.25) is 0 Å². The van der Waals surface area contributed by atoms with E-state index in [2.05, 4.69) is 10.9 Å². The number of amides is 2. The van der Waals surface area contributed by atoms with Gasteiger partial charge in [-0.25, -0.2) is 4.39 Å². The van der Waals surface area contributed by atoms with Crippen molar-refractivity contribution >= 4 is 33.2 Å².